The van der Waals surface area contributed by atoms with Crippen molar-refractivity contribution in [2.75, 3.05) is 13.6 Å². The zero-order valence-corrected chi connectivity index (χ0v) is 17.9. The second-order valence-corrected chi connectivity index (χ2v) is 9.78. The Bertz CT molecular complexity index is 1030. The summed E-state index contributed by atoms with van der Waals surface area (Å²) in [7, 11) is 2.11. The van der Waals surface area contributed by atoms with Crippen LogP contribution in [-0.2, 0) is 26.1 Å². The van der Waals surface area contributed by atoms with Crippen LogP contribution in [0.5, 0.6) is 11.5 Å². The molecule has 2 aliphatic carbocycles. The van der Waals surface area contributed by atoms with Crippen LogP contribution in [0.3, 0.4) is 0 Å². The summed E-state index contributed by atoms with van der Waals surface area (Å²) in [4.78, 5) is 13.8. The first-order valence-electron chi connectivity index (χ1n) is 11.2. The van der Waals surface area contributed by atoms with Crippen molar-refractivity contribution in [1.29, 1.82) is 0 Å². The summed E-state index contributed by atoms with van der Waals surface area (Å²) in [5, 5.41) is 50.5. The molecule has 5 aliphatic rings. The van der Waals surface area contributed by atoms with Crippen LogP contribution < -0.4 is 4.74 Å². The van der Waals surface area contributed by atoms with Gasteiger partial charge in [-0.3, -0.25) is 0 Å². The molecule has 2 bridgehead atoms. The normalized spacial score (nSPS) is 45.4. The zero-order valence-electron chi connectivity index (χ0n) is 17.9. The molecule has 0 saturated carbocycles. The van der Waals surface area contributed by atoms with Gasteiger partial charge in [-0.25, -0.2) is 4.79 Å². The Balaban J connectivity index is 1.38. The van der Waals surface area contributed by atoms with Crippen LogP contribution in [0.1, 0.15) is 17.5 Å². The Morgan fingerprint density at radius 2 is 1.97 bits per heavy atom. The quantitative estimate of drug-likeness (QED) is 0.359. The second-order valence-electron chi connectivity index (χ2n) is 9.78. The minimum Gasteiger partial charge on any atom is -0.504 e. The topological polar surface area (TPSA) is 149 Å². The molecule has 0 aromatic heterocycles. The Morgan fingerprint density at radius 1 is 1.18 bits per heavy atom. The van der Waals surface area contributed by atoms with E-state index in [1.165, 1.54) is 0 Å². The van der Waals surface area contributed by atoms with Gasteiger partial charge in [-0.1, -0.05) is 18.2 Å². The highest BCUT2D eigenvalue weighted by atomic mass is 16.7. The maximum Gasteiger partial charge on any atom is 0.335 e. The van der Waals surface area contributed by atoms with Gasteiger partial charge < -0.3 is 44.6 Å². The van der Waals surface area contributed by atoms with E-state index in [9.17, 15) is 30.3 Å². The van der Waals surface area contributed by atoms with Crippen LogP contribution in [-0.4, -0.2) is 98.9 Å². The molecule has 1 aromatic rings. The number of phenolic OH excluding ortho intramolecular Hbond substituents is 1. The van der Waals surface area contributed by atoms with Gasteiger partial charge in [0.1, 0.15) is 30.5 Å². The lowest BCUT2D eigenvalue weighted by Crippen LogP contribution is -2.66. The van der Waals surface area contributed by atoms with Gasteiger partial charge >= 0.3 is 5.97 Å². The van der Waals surface area contributed by atoms with E-state index < -0.39 is 54.3 Å². The molecule has 0 unspecified atom stereocenters. The number of piperidine rings is 1. The van der Waals surface area contributed by atoms with Crippen molar-refractivity contribution < 1.29 is 44.5 Å². The average molecular weight is 461 g/mol. The van der Waals surface area contributed by atoms with Crippen molar-refractivity contribution in [1.82, 2.24) is 4.90 Å². The van der Waals surface area contributed by atoms with Crippen molar-refractivity contribution >= 4 is 5.97 Å². The third kappa shape index (κ3) is 2.73. The second kappa shape index (κ2) is 7.14. The van der Waals surface area contributed by atoms with Crippen LogP contribution in [0.4, 0.5) is 0 Å². The first-order valence-corrected chi connectivity index (χ1v) is 11.2. The summed E-state index contributed by atoms with van der Waals surface area (Å²) in [5.41, 5.74) is 1.69. The highest BCUT2D eigenvalue weighted by Crippen LogP contribution is 2.62. The predicted molar refractivity (Wildman–Crippen MR) is 111 cm³/mol. The van der Waals surface area contributed by atoms with E-state index in [0.717, 1.165) is 30.5 Å². The summed E-state index contributed by atoms with van der Waals surface area (Å²) < 4.78 is 17.7. The molecule has 0 amide bonds. The van der Waals surface area contributed by atoms with Gasteiger partial charge in [0.05, 0.1) is 0 Å². The highest BCUT2D eigenvalue weighted by Gasteiger charge is 2.65. The number of likely N-dealkylation sites (tertiary alicyclic amines) is 1. The third-order valence-corrected chi connectivity index (χ3v) is 8.23. The van der Waals surface area contributed by atoms with Crippen molar-refractivity contribution in [2.24, 2.45) is 5.92 Å². The van der Waals surface area contributed by atoms with Crippen LogP contribution >= 0.6 is 0 Å². The van der Waals surface area contributed by atoms with Crippen molar-refractivity contribution in [3.63, 3.8) is 0 Å². The Kier molecular flexibility index (Phi) is 4.62. The summed E-state index contributed by atoms with van der Waals surface area (Å²) in [5.74, 6) is -0.824. The number of likely N-dealkylation sites (N-methyl/N-ethyl adjacent to an activating group) is 1. The van der Waals surface area contributed by atoms with Crippen molar-refractivity contribution in [3.05, 3.63) is 35.4 Å². The van der Waals surface area contributed by atoms with E-state index in [-0.39, 0.29) is 17.7 Å². The first kappa shape index (κ1) is 21.3. The summed E-state index contributed by atoms with van der Waals surface area (Å²) in [6.07, 6.45) is -4.16. The molecule has 6 rings (SSSR count). The minimum atomic E-state index is -1.79. The lowest BCUT2D eigenvalue weighted by atomic mass is 9.53. The number of hydrogen-bond donors (Lipinski definition) is 5. The number of phenols is 1. The number of aromatic hydroxyl groups is 1. The molecule has 1 spiro atoms. The molecule has 0 radical (unpaired) electrons. The summed E-state index contributed by atoms with van der Waals surface area (Å²) in [6.45, 7) is 0.838. The molecule has 3 heterocycles. The number of ether oxygens (including phenoxy) is 3. The molecule has 2 saturated heterocycles. The predicted octanol–water partition coefficient (Wildman–Crippen LogP) is -0.885. The number of benzene rings is 1. The zero-order chi connectivity index (χ0) is 23.2. The van der Waals surface area contributed by atoms with Crippen LogP contribution in [0.2, 0.25) is 0 Å². The van der Waals surface area contributed by atoms with Gasteiger partial charge in [-0.15, -0.1) is 0 Å². The van der Waals surface area contributed by atoms with Gasteiger partial charge in [0.15, 0.2) is 23.9 Å². The molecular weight excluding hydrogens is 434 g/mol. The molecule has 10 heteroatoms. The van der Waals surface area contributed by atoms with E-state index >= 15 is 0 Å². The molecule has 5 N–H and O–H groups in total. The number of aliphatic hydroxyl groups is 3. The van der Waals surface area contributed by atoms with Gasteiger partial charge in [-0.05, 0) is 38.1 Å². The van der Waals surface area contributed by atoms with E-state index in [4.69, 9.17) is 14.2 Å². The first-order chi connectivity index (χ1) is 15.7. The Hall–Kier alpha value is -2.21. The SMILES string of the molecule is CN1CC[C@]23c4c5ccc(O)c4O[C@H]2[C@@H](O[C@H]2O[C@@H](C(=O)O)[C@H](O)[C@@H](O)[C@@H]2O)C=C[C@H]3[C@H]1C5. The van der Waals surface area contributed by atoms with Gasteiger partial charge in [0, 0.05) is 22.9 Å². The maximum absolute atomic E-state index is 11.5. The molecule has 2 fully saturated rings. The van der Waals surface area contributed by atoms with Gasteiger partial charge in [-0.2, -0.15) is 0 Å². The third-order valence-electron chi connectivity index (χ3n) is 8.23. The van der Waals surface area contributed by atoms with E-state index in [2.05, 4.69) is 18.0 Å². The monoisotopic (exact) mass is 461 g/mol. The standard InChI is InChI=1S/C23H27NO9/c1-24-7-6-23-10-3-5-13(31-22-17(28)15(26)16(27)19(33-22)21(29)30)20(23)32-18-12(25)4-2-9(14(18)23)8-11(10)24/h2-5,10-11,13,15-17,19-20,22,25-28H,6-8H2,1H3,(H,29,30)/t10-,11+,13-,15+,16+,17-,19+,20-,22-,23-/m0/s1. The number of carboxylic acids is 1. The number of rotatable bonds is 3. The van der Waals surface area contributed by atoms with E-state index in [0.29, 0.717) is 5.75 Å². The number of carbonyl (C=O) groups is 1. The number of carboxylic acid groups (broad SMARTS) is 1. The number of hydrogen-bond acceptors (Lipinski definition) is 9. The molecule has 33 heavy (non-hydrogen) atoms. The van der Waals surface area contributed by atoms with Crippen molar-refractivity contribution in [3.8, 4) is 11.5 Å². The number of aliphatic hydroxyl groups excluding tert-OH is 3. The Labute approximate surface area is 189 Å². The fourth-order valence-corrected chi connectivity index (χ4v) is 6.66. The maximum atomic E-state index is 11.5. The van der Waals surface area contributed by atoms with Crippen LogP contribution in [0, 0.1) is 5.92 Å². The van der Waals surface area contributed by atoms with Crippen molar-refractivity contribution in [2.45, 2.75) is 67.2 Å². The minimum absolute atomic E-state index is 0.0610. The fraction of sp³-hybridized carbons (Fsp3) is 0.609. The summed E-state index contributed by atoms with van der Waals surface area (Å²) >= 11 is 0. The largest absolute Gasteiger partial charge is 0.504 e. The lowest BCUT2D eigenvalue weighted by Gasteiger charge is -2.57. The number of nitrogens with zero attached hydrogens (tertiary/aromatic N) is 1. The van der Waals surface area contributed by atoms with E-state index in [1.54, 1.807) is 6.07 Å². The summed E-state index contributed by atoms with van der Waals surface area (Å²) in [6, 6.07) is 3.85. The van der Waals surface area contributed by atoms with Gasteiger partial charge in [0.2, 0.25) is 0 Å². The fourth-order valence-electron chi connectivity index (χ4n) is 6.66. The smallest absolute Gasteiger partial charge is 0.335 e. The number of aliphatic carboxylic acids is 1. The average Bonchev–Trinajstić information content (AvgIpc) is 3.14. The van der Waals surface area contributed by atoms with Crippen LogP contribution in [0.25, 0.3) is 0 Å². The van der Waals surface area contributed by atoms with Crippen LogP contribution in [0.15, 0.2) is 24.3 Å². The van der Waals surface area contributed by atoms with E-state index in [1.807, 2.05) is 12.1 Å². The molecule has 10 atom stereocenters. The van der Waals surface area contributed by atoms with Gasteiger partial charge in [0.25, 0.3) is 0 Å². The Morgan fingerprint density at radius 3 is 2.73 bits per heavy atom. The highest BCUT2D eigenvalue weighted by molar-refractivity contribution is 5.73. The molecule has 1 aromatic carbocycles. The lowest BCUT2D eigenvalue weighted by molar-refractivity contribution is -0.307. The molecule has 3 aliphatic heterocycles. The molecule has 10 nitrogen and oxygen atoms in total. The molecular formula is C23H27NO9. The molecule has 178 valence electrons.